The predicted molar refractivity (Wildman–Crippen MR) is 115 cm³/mol. The molecule has 0 radical (unpaired) electrons. The van der Waals surface area contributed by atoms with Crippen LogP contribution in [0.2, 0.25) is 0 Å². The van der Waals surface area contributed by atoms with E-state index in [4.69, 9.17) is 18.9 Å². The number of alkyl halides is 3. The van der Waals surface area contributed by atoms with Gasteiger partial charge in [-0.3, -0.25) is 0 Å². The second kappa shape index (κ2) is 11.2. The standard InChI is InChI=1S/C25H24F4O4/c1-30-15-32-21-11-5-18(6-12-21)23(17-3-9-20(26)10-4-17)24(25(27,28)29)19-7-13-22(14-8-19)33-16-31-2/h3-14,23-24H,15-16H2,1-2H3. The fraction of sp³-hybridized carbons (Fsp3) is 0.280. The zero-order valence-corrected chi connectivity index (χ0v) is 18.1. The molecule has 0 amide bonds. The third kappa shape index (κ3) is 6.46. The molecule has 3 rings (SSSR count). The molecule has 0 saturated heterocycles. The minimum absolute atomic E-state index is 0.0161. The molecule has 0 spiro atoms. The molecule has 0 fully saturated rings. The first-order valence-electron chi connectivity index (χ1n) is 10.1. The number of ether oxygens (including phenoxy) is 4. The van der Waals surface area contributed by atoms with E-state index in [1.54, 1.807) is 24.3 Å². The Labute approximate surface area is 189 Å². The van der Waals surface area contributed by atoms with Gasteiger partial charge in [-0.25, -0.2) is 4.39 Å². The molecule has 0 saturated carbocycles. The molecular formula is C25H24F4O4. The van der Waals surface area contributed by atoms with Crippen LogP contribution in [0, 0.1) is 5.82 Å². The lowest BCUT2D eigenvalue weighted by atomic mass is 9.76. The average molecular weight is 464 g/mol. The Morgan fingerprint density at radius 1 is 0.636 bits per heavy atom. The number of benzene rings is 3. The van der Waals surface area contributed by atoms with Crippen LogP contribution in [-0.4, -0.2) is 34.0 Å². The van der Waals surface area contributed by atoms with Gasteiger partial charge in [0.2, 0.25) is 0 Å². The molecule has 33 heavy (non-hydrogen) atoms. The first-order chi connectivity index (χ1) is 15.8. The smallest absolute Gasteiger partial charge is 0.396 e. The molecule has 0 aliphatic carbocycles. The van der Waals surface area contributed by atoms with Crippen molar-refractivity contribution >= 4 is 0 Å². The lowest BCUT2D eigenvalue weighted by Gasteiger charge is -2.30. The summed E-state index contributed by atoms with van der Waals surface area (Å²) in [6, 6.07) is 17.1. The van der Waals surface area contributed by atoms with Crippen LogP contribution in [0.3, 0.4) is 0 Å². The monoisotopic (exact) mass is 464 g/mol. The maximum absolute atomic E-state index is 14.5. The van der Waals surface area contributed by atoms with Crippen molar-refractivity contribution in [1.82, 2.24) is 0 Å². The van der Waals surface area contributed by atoms with Crippen LogP contribution in [-0.2, 0) is 9.47 Å². The zero-order valence-electron chi connectivity index (χ0n) is 18.1. The maximum Gasteiger partial charge on any atom is 0.396 e. The number of hydrogen-bond acceptors (Lipinski definition) is 4. The zero-order chi connectivity index (χ0) is 23.8. The highest BCUT2D eigenvalue weighted by molar-refractivity contribution is 5.42. The van der Waals surface area contributed by atoms with Crippen LogP contribution in [0.15, 0.2) is 72.8 Å². The van der Waals surface area contributed by atoms with Gasteiger partial charge in [-0.15, -0.1) is 0 Å². The van der Waals surface area contributed by atoms with Crippen molar-refractivity contribution in [3.05, 3.63) is 95.3 Å². The number of halogens is 4. The van der Waals surface area contributed by atoms with Gasteiger partial charge in [-0.2, -0.15) is 13.2 Å². The van der Waals surface area contributed by atoms with Gasteiger partial charge in [-0.05, 0) is 53.1 Å². The quantitative estimate of drug-likeness (QED) is 0.262. The normalized spacial score (nSPS) is 13.4. The van der Waals surface area contributed by atoms with E-state index in [2.05, 4.69) is 0 Å². The van der Waals surface area contributed by atoms with Crippen molar-refractivity contribution in [3.63, 3.8) is 0 Å². The van der Waals surface area contributed by atoms with Crippen molar-refractivity contribution in [2.24, 2.45) is 0 Å². The van der Waals surface area contributed by atoms with Gasteiger partial charge in [0.15, 0.2) is 13.6 Å². The van der Waals surface area contributed by atoms with E-state index in [1.165, 1.54) is 50.6 Å². The summed E-state index contributed by atoms with van der Waals surface area (Å²) >= 11 is 0. The summed E-state index contributed by atoms with van der Waals surface area (Å²) in [5.41, 5.74) is 0.804. The van der Waals surface area contributed by atoms with E-state index in [0.717, 1.165) is 12.1 Å². The molecule has 176 valence electrons. The summed E-state index contributed by atoms with van der Waals surface area (Å²) in [6.45, 7) is 0.00114. The number of rotatable bonds is 10. The fourth-order valence-electron chi connectivity index (χ4n) is 3.61. The Morgan fingerprint density at radius 2 is 1.03 bits per heavy atom. The predicted octanol–water partition coefficient (Wildman–Crippen LogP) is 6.27. The summed E-state index contributed by atoms with van der Waals surface area (Å²) in [7, 11) is 2.92. The molecule has 0 aromatic heterocycles. The Hall–Kier alpha value is -3.10. The topological polar surface area (TPSA) is 36.9 Å². The molecule has 0 N–H and O–H groups in total. The van der Waals surface area contributed by atoms with Crippen molar-refractivity contribution in [1.29, 1.82) is 0 Å². The summed E-state index contributed by atoms with van der Waals surface area (Å²) < 4.78 is 77.3. The second-order valence-electron chi connectivity index (χ2n) is 7.29. The molecule has 0 aliphatic rings. The lowest BCUT2D eigenvalue weighted by molar-refractivity contribution is -0.153. The Balaban J connectivity index is 2.06. The Morgan fingerprint density at radius 3 is 1.42 bits per heavy atom. The van der Waals surface area contributed by atoms with E-state index in [9.17, 15) is 17.6 Å². The number of hydrogen-bond donors (Lipinski definition) is 0. The van der Waals surface area contributed by atoms with Gasteiger partial charge in [0.05, 0.1) is 5.92 Å². The van der Waals surface area contributed by atoms with E-state index in [1.807, 2.05) is 0 Å². The highest BCUT2D eigenvalue weighted by Crippen LogP contribution is 2.48. The molecule has 8 heteroatoms. The van der Waals surface area contributed by atoms with E-state index >= 15 is 0 Å². The van der Waals surface area contributed by atoms with Crippen LogP contribution in [0.1, 0.15) is 28.5 Å². The van der Waals surface area contributed by atoms with E-state index in [-0.39, 0.29) is 19.1 Å². The Kier molecular flexibility index (Phi) is 8.30. The first-order valence-corrected chi connectivity index (χ1v) is 10.1. The molecule has 0 bridgehead atoms. The largest absolute Gasteiger partial charge is 0.468 e. The molecule has 3 aromatic rings. The molecule has 0 aliphatic heterocycles. The van der Waals surface area contributed by atoms with Gasteiger partial charge < -0.3 is 18.9 Å². The summed E-state index contributed by atoms with van der Waals surface area (Å²) in [5.74, 6) is -2.68. The molecule has 2 atom stereocenters. The molecule has 0 heterocycles. The molecule has 3 aromatic carbocycles. The molecule has 4 nitrogen and oxygen atoms in total. The van der Waals surface area contributed by atoms with Gasteiger partial charge in [0.25, 0.3) is 0 Å². The van der Waals surface area contributed by atoms with Gasteiger partial charge >= 0.3 is 6.18 Å². The van der Waals surface area contributed by atoms with Crippen molar-refractivity contribution < 1.29 is 36.5 Å². The van der Waals surface area contributed by atoms with Crippen molar-refractivity contribution in [2.75, 3.05) is 27.8 Å². The van der Waals surface area contributed by atoms with Crippen molar-refractivity contribution in [3.8, 4) is 11.5 Å². The highest BCUT2D eigenvalue weighted by atomic mass is 19.4. The summed E-state index contributed by atoms with van der Waals surface area (Å²) in [4.78, 5) is 0. The summed E-state index contributed by atoms with van der Waals surface area (Å²) in [6.07, 6.45) is -4.58. The van der Waals surface area contributed by atoms with Crippen LogP contribution in [0.25, 0.3) is 0 Å². The van der Waals surface area contributed by atoms with Crippen LogP contribution in [0.4, 0.5) is 17.6 Å². The fourth-order valence-corrected chi connectivity index (χ4v) is 3.61. The van der Waals surface area contributed by atoms with Crippen LogP contribution in [0.5, 0.6) is 11.5 Å². The summed E-state index contributed by atoms with van der Waals surface area (Å²) in [5, 5.41) is 0. The first kappa shape index (κ1) is 24.5. The third-order valence-corrected chi connectivity index (χ3v) is 5.08. The maximum atomic E-state index is 14.5. The van der Waals surface area contributed by atoms with E-state index in [0.29, 0.717) is 22.6 Å². The van der Waals surface area contributed by atoms with Crippen molar-refractivity contribution in [2.45, 2.75) is 18.0 Å². The highest BCUT2D eigenvalue weighted by Gasteiger charge is 2.46. The van der Waals surface area contributed by atoms with E-state index < -0.39 is 23.8 Å². The van der Waals surface area contributed by atoms with Crippen LogP contribution < -0.4 is 9.47 Å². The van der Waals surface area contributed by atoms with Gasteiger partial charge in [0.1, 0.15) is 17.3 Å². The van der Waals surface area contributed by atoms with Gasteiger partial charge in [0, 0.05) is 20.1 Å². The molecule has 2 unspecified atom stereocenters. The van der Waals surface area contributed by atoms with Gasteiger partial charge in [-0.1, -0.05) is 36.4 Å². The van der Waals surface area contributed by atoms with Crippen LogP contribution >= 0.6 is 0 Å². The molecular weight excluding hydrogens is 440 g/mol. The number of methoxy groups -OCH3 is 2. The minimum Gasteiger partial charge on any atom is -0.468 e. The minimum atomic E-state index is -4.58. The SMILES string of the molecule is COCOc1ccc(C(c2ccc(F)cc2)C(c2ccc(OCOC)cc2)C(F)(F)F)cc1. The Bertz CT molecular complexity index is 987. The average Bonchev–Trinajstić information content (AvgIpc) is 2.81. The lowest BCUT2D eigenvalue weighted by Crippen LogP contribution is -2.28. The second-order valence-corrected chi connectivity index (χ2v) is 7.29. The third-order valence-electron chi connectivity index (χ3n) is 5.08.